The molecule has 1 unspecified atom stereocenters. The smallest absolute Gasteiger partial charge is 0.255 e. The first-order valence-corrected chi connectivity index (χ1v) is 11.2. The molecule has 164 valence electrons. The van der Waals surface area contributed by atoms with Gasteiger partial charge in [-0.05, 0) is 41.5 Å². The van der Waals surface area contributed by atoms with Crippen molar-refractivity contribution in [3.05, 3.63) is 83.2 Å². The lowest BCUT2D eigenvalue weighted by Gasteiger charge is -2.23. The van der Waals surface area contributed by atoms with Gasteiger partial charge in [0.15, 0.2) is 5.65 Å². The number of imidazole rings is 1. The van der Waals surface area contributed by atoms with Crippen LogP contribution in [0.15, 0.2) is 66.4 Å². The van der Waals surface area contributed by atoms with Crippen LogP contribution in [-0.2, 0) is 13.0 Å². The van der Waals surface area contributed by atoms with Crippen LogP contribution in [0.25, 0.3) is 5.65 Å². The largest absolute Gasteiger partial charge is 0.365 e. The summed E-state index contributed by atoms with van der Waals surface area (Å²) in [5, 5.41) is 3.11. The molecule has 1 aromatic carbocycles. The van der Waals surface area contributed by atoms with E-state index >= 15 is 0 Å². The molecule has 1 atom stereocenters. The minimum atomic E-state index is -0.0645. The van der Waals surface area contributed by atoms with Gasteiger partial charge in [-0.25, -0.2) is 4.98 Å². The van der Waals surface area contributed by atoms with Gasteiger partial charge >= 0.3 is 0 Å². The predicted octanol–water partition coefficient (Wildman–Crippen LogP) is 4.53. The van der Waals surface area contributed by atoms with Crippen molar-refractivity contribution >= 4 is 17.2 Å². The molecule has 1 amide bonds. The molecule has 0 saturated carbocycles. The van der Waals surface area contributed by atoms with Crippen molar-refractivity contribution in [2.45, 2.75) is 40.7 Å². The lowest BCUT2D eigenvalue weighted by Crippen LogP contribution is -2.23. The highest BCUT2D eigenvalue weighted by molar-refractivity contribution is 5.97. The van der Waals surface area contributed by atoms with Crippen molar-refractivity contribution in [3.63, 3.8) is 0 Å². The number of rotatable bonds is 4. The predicted molar refractivity (Wildman–Crippen MR) is 126 cm³/mol. The number of carbonyl (C=O) groups is 1. The van der Waals surface area contributed by atoms with Gasteiger partial charge in [0.25, 0.3) is 5.91 Å². The van der Waals surface area contributed by atoms with E-state index in [1.54, 1.807) is 12.4 Å². The van der Waals surface area contributed by atoms with Crippen molar-refractivity contribution in [2.24, 2.45) is 11.3 Å². The van der Waals surface area contributed by atoms with Crippen LogP contribution in [0.3, 0.4) is 0 Å². The number of fused-ring (bicyclic) bond motifs is 2. The van der Waals surface area contributed by atoms with Gasteiger partial charge in [0.1, 0.15) is 0 Å². The number of amides is 1. The summed E-state index contributed by atoms with van der Waals surface area (Å²) in [5.41, 5.74) is 7.36. The average molecular weight is 428 g/mol. The highest BCUT2D eigenvalue weighted by Crippen LogP contribution is 2.37. The number of benzene rings is 1. The van der Waals surface area contributed by atoms with Crippen LogP contribution in [0, 0.1) is 11.3 Å². The quantitative estimate of drug-likeness (QED) is 0.665. The lowest BCUT2D eigenvalue weighted by atomic mass is 9.81. The van der Waals surface area contributed by atoms with Gasteiger partial charge in [0, 0.05) is 35.9 Å². The summed E-state index contributed by atoms with van der Waals surface area (Å²) >= 11 is 0. The van der Waals surface area contributed by atoms with Crippen LogP contribution in [0.2, 0.25) is 0 Å². The van der Waals surface area contributed by atoms with Crippen LogP contribution in [-0.4, -0.2) is 26.8 Å². The number of nitrogens with one attached hydrogen (secondary N) is 1. The maximum atomic E-state index is 13.0. The van der Waals surface area contributed by atoms with Crippen molar-refractivity contribution in [1.82, 2.24) is 19.7 Å². The Bertz CT molecular complexity index is 1260. The number of hydrogen-bond acceptors (Lipinski definition) is 4. The number of hydrogen-bond donors (Lipinski definition) is 1. The third kappa shape index (κ3) is 3.70. The molecule has 1 aliphatic heterocycles. The molecular formula is C26H29N5O. The summed E-state index contributed by atoms with van der Waals surface area (Å²) in [7, 11) is 0. The fourth-order valence-electron chi connectivity index (χ4n) is 4.84. The Kier molecular flexibility index (Phi) is 4.88. The highest BCUT2D eigenvalue weighted by Gasteiger charge is 2.27. The summed E-state index contributed by atoms with van der Waals surface area (Å²) in [5.74, 6) is 0.270. The normalized spacial score (nSPS) is 18.0. The molecule has 0 spiro atoms. The van der Waals surface area contributed by atoms with Crippen molar-refractivity contribution in [3.8, 4) is 0 Å². The molecule has 2 aliphatic rings. The van der Waals surface area contributed by atoms with Gasteiger partial charge in [-0.2, -0.15) is 0 Å². The number of anilines is 1. The van der Waals surface area contributed by atoms with E-state index in [4.69, 9.17) is 0 Å². The van der Waals surface area contributed by atoms with Gasteiger partial charge in [-0.15, -0.1) is 0 Å². The fraction of sp³-hybridized carbons (Fsp3) is 0.346. The fourth-order valence-corrected chi connectivity index (χ4v) is 4.84. The molecule has 6 heteroatoms. The zero-order chi connectivity index (χ0) is 22.5. The summed E-state index contributed by atoms with van der Waals surface area (Å²) in [6.07, 6.45) is 12.6. The van der Waals surface area contributed by atoms with Crippen molar-refractivity contribution < 1.29 is 4.79 Å². The van der Waals surface area contributed by atoms with E-state index in [0.717, 1.165) is 42.2 Å². The molecular weight excluding hydrogens is 398 g/mol. The SMILES string of the molecule is CC1C=C(NC(=O)c2ccc3c(c2)N(Cc2cnc4cnccn24)CC3)C=C1C(C)(C)C. The molecule has 1 aliphatic carbocycles. The van der Waals surface area contributed by atoms with Gasteiger partial charge in [0.05, 0.1) is 24.6 Å². The molecule has 0 fully saturated rings. The molecule has 0 saturated heterocycles. The summed E-state index contributed by atoms with van der Waals surface area (Å²) < 4.78 is 2.06. The molecule has 0 bridgehead atoms. The molecule has 0 radical (unpaired) electrons. The lowest BCUT2D eigenvalue weighted by molar-refractivity contribution is 0.0967. The van der Waals surface area contributed by atoms with Gasteiger partial charge in [-0.3, -0.25) is 14.2 Å². The van der Waals surface area contributed by atoms with Gasteiger partial charge in [-0.1, -0.05) is 45.4 Å². The Labute approximate surface area is 188 Å². The summed E-state index contributed by atoms with van der Waals surface area (Å²) in [4.78, 5) is 24.0. The Morgan fingerprint density at radius 1 is 1.25 bits per heavy atom. The van der Waals surface area contributed by atoms with E-state index in [1.165, 1.54) is 11.1 Å². The van der Waals surface area contributed by atoms with E-state index < -0.39 is 0 Å². The molecule has 32 heavy (non-hydrogen) atoms. The molecule has 5 rings (SSSR count). The second kappa shape index (κ2) is 7.62. The zero-order valence-corrected chi connectivity index (χ0v) is 19.1. The second-order valence-corrected chi connectivity index (χ2v) is 9.78. The minimum absolute atomic E-state index is 0.0645. The van der Waals surface area contributed by atoms with Crippen LogP contribution >= 0.6 is 0 Å². The van der Waals surface area contributed by atoms with E-state index in [-0.39, 0.29) is 11.3 Å². The Morgan fingerprint density at radius 2 is 2.09 bits per heavy atom. The Morgan fingerprint density at radius 3 is 2.88 bits per heavy atom. The Balaban J connectivity index is 1.35. The molecule has 2 aromatic heterocycles. The standard InChI is InChI=1S/C26H29N5O/c1-17-11-20(13-22(17)26(2,3)4)29-25(32)19-6-5-18-7-9-30(23(18)12-19)16-21-14-28-24-15-27-8-10-31(21)24/h5-6,8,10-15,17H,7,9,16H2,1-4H3,(H,29,32). The third-order valence-corrected chi connectivity index (χ3v) is 6.44. The van der Waals surface area contributed by atoms with Crippen molar-refractivity contribution in [1.29, 1.82) is 0 Å². The van der Waals surface area contributed by atoms with E-state index in [0.29, 0.717) is 11.5 Å². The molecule has 3 heterocycles. The maximum absolute atomic E-state index is 13.0. The van der Waals surface area contributed by atoms with E-state index in [9.17, 15) is 4.79 Å². The van der Waals surface area contributed by atoms with E-state index in [2.05, 4.69) is 70.5 Å². The van der Waals surface area contributed by atoms with Crippen LogP contribution in [0.1, 0.15) is 49.3 Å². The number of nitrogens with zero attached hydrogens (tertiary/aromatic N) is 4. The zero-order valence-electron chi connectivity index (χ0n) is 19.1. The third-order valence-electron chi connectivity index (χ3n) is 6.44. The van der Waals surface area contributed by atoms with Crippen molar-refractivity contribution in [2.75, 3.05) is 11.4 Å². The first kappa shape index (κ1) is 20.5. The summed E-state index contributed by atoms with van der Waals surface area (Å²) in [6, 6.07) is 6.05. The maximum Gasteiger partial charge on any atom is 0.255 e. The van der Waals surface area contributed by atoms with Gasteiger partial charge < -0.3 is 10.2 Å². The Hall–Kier alpha value is -3.41. The van der Waals surface area contributed by atoms with E-state index in [1.807, 2.05) is 24.5 Å². The minimum Gasteiger partial charge on any atom is -0.365 e. The molecule has 3 aromatic rings. The topological polar surface area (TPSA) is 62.5 Å². The molecule has 6 nitrogen and oxygen atoms in total. The number of aromatic nitrogens is 3. The van der Waals surface area contributed by atoms with Crippen LogP contribution in [0.4, 0.5) is 5.69 Å². The second-order valence-electron chi connectivity index (χ2n) is 9.78. The van der Waals surface area contributed by atoms with Crippen LogP contribution in [0.5, 0.6) is 0 Å². The molecule has 1 N–H and O–H groups in total. The average Bonchev–Trinajstić information content (AvgIpc) is 3.45. The highest BCUT2D eigenvalue weighted by atomic mass is 16.1. The first-order valence-electron chi connectivity index (χ1n) is 11.2. The van der Waals surface area contributed by atoms with Crippen LogP contribution < -0.4 is 10.2 Å². The first-order chi connectivity index (χ1) is 15.3. The van der Waals surface area contributed by atoms with Gasteiger partial charge in [0.2, 0.25) is 0 Å². The number of carbonyl (C=O) groups excluding carboxylic acids is 1. The summed E-state index contributed by atoms with van der Waals surface area (Å²) in [6.45, 7) is 10.5. The number of allylic oxidation sites excluding steroid dienone is 3. The monoisotopic (exact) mass is 427 g/mol.